The maximum absolute atomic E-state index is 11.6. The standard InChI is InChI=1S/C11H19N3O2/c1-3-4-8(2)16-11(15)10(12)5-9-6-13-7-14-9/h6-8,10H,3-5,12H2,1-2H3,(H,13,14)/t8?,10-/m1/s1. The number of aromatic nitrogens is 2. The monoisotopic (exact) mass is 225 g/mol. The minimum atomic E-state index is -0.625. The fraction of sp³-hybridized carbons (Fsp3) is 0.636. The summed E-state index contributed by atoms with van der Waals surface area (Å²) in [6, 6.07) is -0.625. The number of rotatable bonds is 6. The van der Waals surface area contributed by atoms with Crippen molar-refractivity contribution >= 4 is 5.97 Å². The molecule has 0 aliphatic heterocycles. The zero-order chi connectivity index (χ0) is 12.0. The van der Waals surface area contributed by atoms with Gasteiger partial charge in [0.05, 0.1) is 12.4 Å². The van der Waals surface area contributed by atoms with E-state index in [4.69, 9.17) is 10.5 Å². The number of carbonyl (C=O) groups is 1. The molecule has 1 unspecified atom stereocenters. The molecule has 0 spiro atoms. The van der Waals surface area contributed by atoms with Crippen LogP contribution >= 0.6 is 0 Å². The number of ether oxygens (including phenoxy) is 1. The van der Waals surface area contributed by atoms with Gasteiger partial charge >= 0.3 is 5.97 Å². The number of imidazole rings is 1. The van der Waals surface area contributed by atoms with Crippen LogP contribution in [-0.4, -0.2) is 28.1 Å². The summed E-state index contributed by atoms with van der Waals surface area (Å²) in [5.74, 6) is -0.351. The number of esters is 1. The van der Waals surface area contributed by atoms with Crippen molar-refractivity contribution in [2.24, 2.45) is 5.73 Å². The SMILES string of the molecule is CCCC(C)OC(=O)[C@H](N)Cc1cnc[nH]1. The van der Waals surface area contributed by atoms with Gasteiger partial charge in [0.15, 0.2) is 0 Å². The van der Waals surface area contributed by atoms with Gasteiger partial charge in [0.2, 0.25) is 0 Å². The predicted octanol–water partition coefficient (Wildman–Crippen LogP) is 1.01. The van der Waals surface area contributed by atoms with E-state index >= 15 is 0 Å². The van der Waals surface area contributed by atoms with Crippen LogP contribution in [0.15, 0.2) is 12.5 Å². The van der Waals surface area contributed by atoms with Gasteiger partial charge in [0.25, 0.3) is 0 Å². The first kappa shape index (κ1) is 12.7. The Morgan fingerprint density at radius 1 is 1.69 bits per heavy atom. The van der Waals surface area contributed by atoms with Crippen LogP contribution < -0.4 is 5.73 Å². The molecule has 0 bridgehead atoms. The molecule has 0 amide bonds. The fourth-order valence-electron chi connectivity index (χ4n) is 1.47. The molecule has 1 heterocycles. The summed E-state index contributed by atoms with van der Waals surface area (Å²) in [7, 11) is 0. The molecule has 1 aromatic rings. The van der Waals surface area contributed by atoms with E-state index in [1.807, 2.05) is 6.92 Å². The molecule has 5 heteroatoms. The van der Waals surface area contributed by atoms with E-state index in [1.165, 1.54) is 0 Å². The Morgan fingerprint density at radius 3 is 3.00 bits per heavy atom. The van der Waals surface area contributed by atoms with Gasteiger partial charge < -0.3 is 15.5 Å². The summed E-state index contributed by atoms with van der Waals surface area (Å²) in [6.45, 7) is 3.93. The highest BCUT2D eigenvalue weighted by molar-refractivity contribution is 5.75. The van der Waals surface area contributed by atoms with Gasteiger partial charge in [0, 0.05) is 18.3 Å². The number of hydrogen-bond donors (Lipinski definition) is 2. The van der Waals surface area contributed by atoms with Gasteiger partial charge in [-0.15, -0.1) is 0 Å². The molecular weight excluding hydrogens is 206 g/mol. The van der Waals surface area contributed by atoms with Crippen LogP contribution in [0.1, 0.15) is 32.4 Å². The molecular formula is C11H19N3O2. The summed E-state index contributed by atoms with van der Waals surface area (Å²) in [4.78, 5) is 18.3. The number of hydrogen-bond acceptors (Lipinski definition) is 4. The molecule has 0 aliphatic rings. The second-order valence-corrected chi connectivity index (χ2v) is 3.92. The molecule has 0 aliphatic carbocycles. The van der Waals surface area contributed by atoms with Crippen molar-refractivity contribution in [3.8, 4) is 0 Å². The highest BCUT2D eigenvalue weighted by Crippen LogP contribution is 2.04. The quantitative estimate of drug-likeness (QED) is 0.708. The molecule has 0 fully saturated rings. The molecule has 90 valence electrons. The molecule has 1 rings (SSSR count). The molecule has 0 saturated carbocycles. The topological polar surface area (TPSA) is 81.0 Å². The predicted molar refractivity (Wildman–Crippen MR) is 60.7 cm³/mol. The number of nitrogens with zero attached hydrogens (tertiary/aromatic N) is 1. The smallest absolute Gasteiger partial charge is 0.323 e. The Labute approximate surface area is 95.4 Å². The molecule has 2 atom stereocenters. The maximum Gasteiger partial charge on any atom is 0.323 e. The van der Waals surface area contributed by atoms with Crippen LogP contribution in [-0.2, 0) is 16.0 Å². The minimum absolute atomic E-state index is 0.0645. The van der Waals surface area contributed by atoms with Crippen molar-refractivity contribution in [2.45, 2.75) is 45.3 Å². The Morgan fingerprint density at radius 2 is 2.44 bits per heavy atom. The van der Waals surface area contributed by atoms with Gasteiger partial charge in [0.1, 0.15) is 6.04 Å². The average molecular weight is 225 g/mol. The van der Waals surface area contributed by atoms with E-state index in [2.05, 4.69) is 16.9 Å². The average Bonchev–Trinajstić information content (AvgIpc) is 2.70. The second kappa shape index (κ2) is 6.27. The number of carbonyl (C=O) groups excluding carboxylic acids is 1. The number of nitrogens with one attached hydrogen (secondary N) is 1. The van der Waals surface area contributed by atoms with Crippen LogP contribution in [0.2, 0.25) is 0 Å². The third-order valence-electron chi connectivity index (χ3n) is 2.31. The van der Waals surface area contributed by atoms with Gasteiger partial charge in [-0.05, 0) is 13.3 Å². The normalized spacial score (nSPS) is 14.4. The van der Waals surface area contributed by atoms with E-state index < -0.39 is 6.04 Å². The number of H-pyrrole nitrogens is 1. The van der Waals surface area contributed by atoms with Crippen molar-refractivity contribution in [1.82, 2.24) is 9.97 Å². The Bertz CT molecular complexity index is 311. The molecule has 0 aromatic carbocycles. The lowest BCUT2D eigenvalue weighted by atomic mass is 10.2. The maximum atomic E-state index is 11.6. The highest BCUT2D eigenvalue weighted by atomic mass is 16.5. The van der Waals surface area contributed by atoms with E-state index in [0.717, 1.165) is 18.5 Å². The van der Waals surface area contributed by atoms with Crippen LogP contribution in [0.4, 0.5) is 0 Å². The van der Waals surface area contributed by atoms with E-state index in [1.54, 1.807) is 12.5 Å². The van der Waals surface area contributed by atoms with Crippen molar-refractivity contribution in [1.29, 1.82) is 0 Å². The van der Waals surface area contributed by atoms with Gasteiger partial charge in [-0.25, -0.2) is 4.98 Å². The summed E-state index contributed by atoms with van der Waals surface area (Å²) in [5.41, 5.74) is 6.57. The highest BCUT2D eigenvalue weighted by Gasteiger charge is 2.18. The summed E-state index contributed by atoms with van der Waals surface area (Å²) < 4.78 is 5.20. The lowest BCUT2D eigenvalue weighted by Gasteiger charge is -2.15. The molecule has 0 radical (unpaired) electrons. The Balaban J connectivity index is 2.36. The molecule has 3 N–H and O–H groups in total. The zero-order valence-electron chi connectivity index (χ0n) is 9.77. The number of nitrogens with two attached hydrogens (primary N) is 1. The van der Waals surface area contributed by atoms with E-state index in [-0.39, 0.29) is 12.1 Å². The first-order chi connectivity index (χ1) is 7.63. The third kappa shape index (κ3) is 4.02. The zero-order valence-corrected chi connectivity index (χ0v) is 9.77. The van der Waals surface area contributed by atoms with Crippen LogP contribution in [0, 0.1) is 0 Å². The molecule has 1 aromatic heterocycles. The fourth-order valence-corrected chi connectivity index (χ4v) is 1.47. The van der Waals surface area contributed by atoms with E-state index in [9.17, 15) is 4.79 Å². The minimum Gasteiger partial charge on any atom is -0.462 e. The third-order valence-corrected chi connectivity index (χ3v) is 2.31. The lowest BCUT2D eigenvalue weighted by molar-refractivity contribution is -0.150. The molecule has 16 heavy (non-hydrogen) atoms. The second-order valence-electron chi connectivity index (χ2n) is 3.92. The first-order valence-corrected chi connectivity index (χ1v) is 5.56. The first-order valence-electron chi connectivity index (χ1n) is 5.56. The Hall–Kier alpha value is -1.36. The molecule has 5 nitrogen and oxygen atoms in total. The van der Waals surface area contributed by atoms with Crippen molar-refractivity contribution < 1.29 is 9.53 Å². The van der Waals surface area contributed by atoms with Crippen LogP contribution in [0.5, 0.6) is 0 Å². The lowest BCUT2D eigenvalue weighted by Crippen LogP contribution is -2.36. The van der Waals surface area contributed by atoms with Crippen molar-refractivity contribution in [3.63, 3.8) is 0 Å². The van der Waals surface area contributed by atoms with Crippen molar-refractivity contribution in [2.75, 3.05) is 0 Å². The van der Waals surface area contributed by atoms with E-state index in [0.29, 0.717) is 6.42 Å². The van der Waals surface area contributed by atoms with Crippen LogP contribution in [0.3, 0.4) is 0 Å². The van der Waals surface area contributed by atoms with Gasteiger partial charge in [-0.1, -0.05) is 13.3 Å². The van der Waals surface area contributed by atoms with Crippen molar-refractivity contribution in [3.05, 3.63) is 18.2 Å². The van der Waals surface area contributed by atoms with Crippen LogP contribution in [0.25, 0.3) is 0 Å². The van der Waals surface area contributed by atoms with Gasteiger partial charge in [-0.3, -0.25) is 4.79 Å². The summed E-state index contributed by atoms with van der Waals surface area (Å²) in [5, 5.41) is 0. The Kier molecular flexibility index (Phi) is 4.98. The summed E-state index contributed by atoms with van der Waals surface area (Å²) in [6.07, 6.45) is 5.44. The number of aromatic amines is 1. The van der Waals surface area contributed by atoms with Gasteiger partial charge in [-0.2, -0.15) is 0 Å². The molecule has 0 saturated heterocycles. The largest absolute Gasteiger partial charge is 0.462 e. The summed E-state index contributed by atoms with van der Waals surface area (Å²) >= 11 is 0.